The summed E-state index contributed by atoms with van der Waals surface area (Å²) in [4.78, 5) is 11.2. The van der Waals surface area contributed by atoms with E-state index in [0.29, 0.717) is 17.8 Å². The number of nitrogens with one attached hydrogen (secondary N) is 2. The van der Waals surface area contributed by atoms with Gasteiger partial charge in [0.2, 0.25) is 0 Å². The molecule has 1 aromatic heterocycles. The van der Waals surface area contributed by atoms with E-state index in [-0.39, 0.29) is 10.8 Å². The highest BCUT2D eigenvalue weighted by atomic mass is 35.5. The molecule has 2 N–H and O–H groups in total. The van der Waals surface area contributed by atoms with E-state index in [1.807, 2.05) is 0 Å². The van der Waals surface area contributed by atoms with Crippen LogP contribution in [0.2, 0.25) is 5.02 Å². The average molecular weight is 268 g/mol. The molecule has 0 aliphatic heterocycles. The fourth-order valence-corrected chi connectivity index (χ4v) is 1.68. The van der Waals surface area contributed by atoms with Gasteiger partial charge in [0, 0.05) is 6.54 Å². The number of benzene rings is 1. The first kappa shape index (κ1) is 12.6. The van der Waals surface area contributed by atoms with Gasteiger partial charge in [-0.2, -0.15) is 5.10 Å². The second-order valence-electron chi connectivity index (χ2n) is 3.86. The number of hydrogen-bond donors (Lipinski definition) is 2. The van der Waals surface area contributed by atoms with E-state index in [2.05, 4.69) is 15.5 Å². The quantitative estimate of drug-likeness (QED) is 0.898. The number of rotatable bonds is 3. The van der Waals surface area contributed by atoms with E-state index in [4.69, 9.17) is 11.6 Å². The Morgan fingerprint density at radius 2 is 2.28 bits per heavy atom. The number of aromatic amines is 1. The topological polar surface area (TPSA) is 57.8 Å². The third-order valence-corrected chi connectivity index (χ3v) is 2.88. The van der Waals surface area contributed by atoms with E-state index in [1.54, 1.807) is 19.1 Å². The summed E-state index contributed by atoms with van der Waals surface area (Å²) in [6.45, 7) is 2.13. The van der Waals surface area contributed by atoms with Crippen LogP contribution in [-0.2, 0) is 6.54 Å². The van der Waals surface area contributed by atoms with Crippen LogP contribution in [-0.4, -0.2) is 10.2 Å². The van der Waals surface area contributed by atoms with Crippen LogP contribution in [0.25, 0.3) is 0 Å². The smallest absolute Gasteiger partial charge is 0.285 e. The van der Waals surface area contributed by atoms with Crippen molar-refractivity contribution in [3.63, 3.8) is 0 Å². The van der Waals surface area contributed by atoms with Crippen LogP contribution in [0.3, 0.4) is 0 Å². The Labute approximate surface area is 108 Å². The molecule has 0 bridgehead atoms. The molecule has 1 heterocycles. The number of hydrogen-bond acceptors (Lipinski definition) is 3. The Hall–Kier alpha value is -1.88. The lowest BCUT2D eigenvalue weighted by atomic mass is 10.1. The van der Waals surface area contributed by atoms with E-state index in [0.717, 1.165) is 5.56 Å². The number of aryl methyl sites for hydroxylation is 1. The van der Waals surface area contributed by atoms with E-state index in [9.17, 15) is 9.18 Å². The van der Waals surface area contributed by atoms with Crippen molar-refractivity contribution in [2.24, 2.45) is 0 Å². The average Bonchev–Trinajstić information content (AvgIpc) is 2.35. The maximum Gasteiger partial charge on any atom is 0.285 e. The summed E-state index contributed by atoms with van der Waals surface area (Å²) >= 11 is 5.81. The predicted octanol–water partition coefficient (Wildman–Crippen LogP) is 2.48. The summed E-state index contributed by atoms with van der Waals surface area (Å²) in [5, 5.41) is 8.91. The first-order valence-corrected chi connectivity index (χ1v) is 5.68. The summed E-state index contributed by atoms with van der Waals surface area (Å²) in [6.07, 6.45) is 1.43. The Morgan fingerprint density at radius 1 is 1.50 bits per heavy atom. The van der Waals surface area contributed by atoms with Gasteiger partial charge in [-0.1, -0.05) is 23.7 Å². The second kappa shape index (κ2) is 5.18. The Bertz CT molecular complexity index is 627. The van der Waals surface area contributed by atoms with Crippen molar-refractivity contribution in [3.8, 4) is 0 Å². The fourth-order valence-electron chi connectivity index (χ4n) is 1.52. The van der Waals surface area contributed by atoms with E-state index >= 15 is 0 Å². The maximum atomic E-state index is 13.1. The lowest BCUT2D eigenvalue weighted by molar-refractivity contribution is 0.617. The predicted molar refractivity (Wildman–Crippen MR) is 68.3 cm³/mol. The minimum absolute atomic E-state index is 0.0591. The van der Waals surface area contributed by atoms with Gasteiger partial charge in [-0.05, 0) is 24.1 Å². The highest BCUT2D eigenvalue weighted by Crippen LogP contribution is 2.16. The van der Waals surface area contributed by atoms with Crippen LogP contribution >= 0.6 is 11.6 Å². The maximum absolute atomic E-state index is 13.1. The van der Waals surface area contributed by atoms with E-state index in [1.165, 1.54) is 12.3 Å². The van der Waals surface area contributed by atoms with Gasteiger partial charge in [0.05, 0.1) is 11.9 Å². The third kappa shape index (κ3) is 2.68. The molecule has 0 amide bonds. The van der Waals surface area contributed by atoms with Crippen LogP contribution in [0.15, 0.2) is 29.2 Å². The molecule has 0 saturated heterocycles. The second-order valence-corrected chi connectivity index (χ2v) is 4.24. The van der Waals surface area contributed by atoms with Crippen molar-refractivity contribution >= 4 is 17.3 Å². The zero-order valence-electron chi connectivity index (χ0n) is 9.63. The molecule has 2 rings (SSSR count). The van der Waals surface area contributed by atoms with Gasteiger partial charge in [-0.15, -0.1) is 0 Å². The van der Waals surface area contributed by atoms with Crippen LogP contribution in [0.4, 0.5) is 10.1 Å². The molecule has 6 heteroatoms. The summed E-state index contributed by atoms with van der Waals surface area (Å²) in [6, 6.07) is 4.81. The molecule has 0 unspecified atom stereocenters. The molecule has 18 heavy (non-hydrogen) atoms. The van der Waals surface area contributed by atoms with Gasteiger partial charge in [-0.3, -0.25) is 4.79 Å². The molecule has 2 aromatic rings. The summed E-state index contributed by atoms with van der Waals surface area (Å²) in [5.41, 5.74) is 1.47. The first-order valence-electron chi connectivity index (χ1n) is 5.30. The van der Waals surface area contributed by atoms with Gasteiger partial charge >= 0.3 is 0 Å². The van der Waals surface area contributed by atoms with Crippen LogP contribution in [0.5, 0.6) is 0 Å². The van der Waals surface area contributed by atoms with Gasteiger partial charge in [-0.25, -0.2) is 9.49 Å². The van der Waals surface area contributed by atoms with Crippen molar-refractivity contribution < 1.29 is 4.39 Å². The molecule has 4 nitrogen and oxygen atoms in total. The zero-order valence-corrected chi connectivity index (χ0v) is 10.4. The lowest BCUT2D eigenvalue weighted by Crippen LogP contribution is -2.11. The highest BCUT2D eigenvalue weighted by molar-refractivity contribution is 6.32. The number of halogens is 2. The van der Waals surface area contributed by atoms with Gasteiger partial charge in [0.25, 0.3) is 5.56 Å². The number of nitrogens with zero attached hydrogens (tertiary/aromatic N) is 1. The number of H-pyrrole nitrogens is 1. The molecule has 1 aromatic carbocycles. The molecule has 0 fully saturated rings. The fraction of sp³-hybridized carbons (Fsp3) is 0.167. The Kier molecular flexibility index (Phi) is 3.62. The van der Waals surface area contributed by atoms with Crippen molar-refractivity contribution in [2.45, 2.75) is 13.5 Å². The largest absolute Gasteiger partial charge is 0.378 e. The van der Waals surface area contributed by atoms with Gasteiger partial charge in [0.1, 0.15) is 10.8 Å². The molecular weight excluding hydrogens is 257 g/mol. The zero-order chi connectivity index (χ0) is 13.1. The molecular formula is C12H11ClFN3O. The van der Waals surface area contributed by atoms with Crippen LogP contribution < -0.4 is 10.9 Å². The lowest BCUT2D eigenvalue weighted by Gasteiger charge is -2.08. The highest BCUT2D eigenvalue weighted by Gasteiger charge is 2.05. The Balaban J connectivity index is 2.14. The van der Waals surface area contributed by atoms with Crippen molar-refractivity contribution in [2.75, 3.05) is 5.32 Å². The van der Waals surface area contributed by atoms with E-state index < -0.39 is 5.56 Å². The minimum Gasteiger partial charge on any atom is -0.378 e. The first-order chi connectivity index (χ1) is 8.58. The standard InChI is InChI=1S/C12H11ClFN3O/c1-7-4-8(2-3-9(7)14)5-15-10-6-16-17-12(18)11(10)13/h2-4,6H,5H2,1H3,(H2,15,17,18). The van der Waals surface area contributed by atoms with Crippen LogP contribution in [0.1, 0.15) is 11.1 Å². The summed E-state index contributed by atoms with van der Waals surface area (Å²) in [5.74, 6) is -0.241. The molecule has 0 spiro atoms. The third-order valence-electron chi connectivity index (χ3n) is 2.50. The van der Waals surface area contributed by atoms with Crippen molar-refractivity contribution in [1.82, 2.24) is 10.2 Å². The normalized spacial score (nSPS) is 10.4. The van der Waals surface area contributed by atoms with Gasteiger partial charge in [0.15, 0.2) is 0 Å². The molecule has 94 valence electrons. The van der Waals surface area contributed by atoms with Crippen molar-refractivity contribution in [1.29, 1.82) is 0 Å². The van der Waals surface area contributed by atoms with Crippen molar-refractivity contribution in [3.05, 3.63) is 56.7 Å². The van der Waals surface area contributed by atoms with Crippen LogP contribution in [0, 0.1) is 12.7 Å². The summed E-state index contributed by atoms with van der Waals surface area (Å²) in [7, 11) is 0. The SMILES string of the molecule is Cc1cc(CNc2cn[nH]c(=O)c2Cl)ccc1F. The monoisotopic (exact) mass is 267 g/mol. The summed E-state index contributed by atoms with van der Waals surface area (Å²) < 4.78 is 13.1. The molecule has 0 radical (unpaired) electrons. The molecule has 0 aliphatic carbocycles. The Morgan fingerprint density at radius 3 is 3.00 bits per heavy atom. The number of anilines is 1. The minimum atomic E-state index is -0.447. The molecule has 0 atom stereocenters. The number of aromatic nitrogens is 2. The molecule has 0 aliphatic rings. The van der Waals surface area contributed by atoms with Gasteiger partial charge < -0.3 is 5.32 Å². The molecule has 0 saturated carbocycles.